The fourth-order valence-electron chi connectivity index (χ4n) is 7.95. The third-order valence-corrected chi connectivity index (χ3v) is 9.75. The molecule has 192 valence electrons. The van der Waals surface area contributed by atoms with E-state index in [-0.39, 0.29) is 5.41 Å². The zero-order valence-electron chi connectivity index (χ0n) is 23.3. The minimum absolute atomic E-state index is 0.0307. The van der Waals surface area contributed by atoms with Crippen molar-refractivity contribution in [1.29, 1.82) is 0 Å². The second-order valence-corrected chi connectivity index (χ2v) is 12.9. The number of ether oxygens (including phenoxy) is 1. The van der Waals surface area contributed by atoms with E-state index in [1.165, 1.54) is 77.9 Å². The minimum Gasteiger partial charge on any atom is -0.472 e. The van der Waals surface area contributed by atoms with E-state index in [1.54, 1.807) is 0 Å². The molecule has 0 saturated carbocycles. The van der Waals surface area contributed by atoms with Crippen LogP contribution in [-0.2, 0) is 11.0 Å². The molecule has 0 fully saturated rings. The van der Waals surface area contributed by atoms with Crippen molar-refractivity contribution >= 4 is 11.1 Å². The standard InChI is InChI=1S/C39H30O/c1-22-26-14-10-15-28-31-20-24(23-11-6-5-7-12-23)19-30-27-18-17-25(38(2,3)4)21-32(27)39(36(30)31)37(35(26)28)34(22)29-13-8-9-16-33(29)40-39/h5-22H,1-4H3. The smallest absolute Gasteiger partial charge is 0.187 e. The predicted molar refractivity (Wildman–Crippen MR) is 165 cm³/mol. The molecule has 0 amide bonds. The van der Waals surface area contributed by atoms with E-state index in [4.69, 9.17) is 4.74 Å². The van der Waals surface area contributed by atoms with Gasteiger partial charge in [-0.3, -0.25) is 0 Å². The Balaban J connectivity index is 1.49. The summed E-state index contributed by atoms with van der Waals surface area (Å²) in [6, 6.07) is 38.4. The molecule has 5 aromatic rings. The molecule has 1 spiro atoms. The maximum Gasteiger partial charge on any atom is 0.187 e. The first-order valence-electron chi connectivity index (χ1n) is 14.4. The van der Waals surface area contributed by atoms with Crippen molar-refractivity contribution in [2.45, 2.75) is 44.6 Å². The highest BCUT2D eigenvalue weighted by Gasteiger charge is 2.59. The van der Waals surface area contributed by atoms with Crippen LogP contribution in [0.25, 0.3) is 44.5 Å². The maximum atomic E-state index is 7.44. The third kappa shape index (κ3) is 2.55. The highest BCUT2D eigenvalue weighted by atomic mass is 16.5. The molecule has 5 aromatic carbocycles. The number of benzene rings is 5. The van der Waals surface area contributed by atoms with Crippen molar-refractivity contribution in [2.75, 3.05) is 0 Å². The fourth-order valence-corrected chi connectivity index (χ4v) is 7.95. The van der Waals surface area contributed by atoms with E-state index in [2.05, 4.69) is 131 Å². The Labute approximate surface area is 235 Å². The molecule has 9 rings (SSSR count). The highest BCUT2D eigenvalue weighted by molar-refractivity contribution is 6.15. The average Bonchev–Trinajstić information content (AvgIpc) is 3.43. The van der Waals surface area contributed by atoms with Crippen LogP contribution in [0.3, 0.4) is 0 Å². The van der Waals surface area contributed by atoms with Crippen molar-refractivity contribution in [1.82, 2.24) is 0 Å². The van der Waals surface area contributed by atoms with Gasteiger partial charge in [0.25, 0.3) is 0 Å². The summed E-state index contributed by atoms with van der Waals surface area (Å²) in [6.45, 7) is 9.30. The van der Waals surface area contributed by atoms with Crippen LogP contribution in [0.15, 0.2) is 103 Å². The molecule has 1 nitrogen and oxygen atoms in total. The predicted octanol–water partition coefficient (Wildman–Crippen LogP) is 9.98. The van der Waals surface area contributed by atoms with Gasteiger partial charge in [0.05, 0.1) is 0 Å². The molecule has 3 aliphatic carbocycles. The first-order valence-corrected chi connectivity index (χ1v) is 14.4. The number of rotatable bonds is 1. The lowest BCUT2D eigenvalue weighted by atomic mass is 9.68. The summed E-state index contributed by atoms with van der Waals surface area (Å²) in [4.78, 5) is 0. The largest absolute Gasteiger partial charge is 0.472 e. The maximum absolute atomic E-state index is 7.44. The number of hydrogen-bond acceptors (Lipinski definition) is 1. The van der Waals surface area contributed by atoms with E-state index >= 15 is 0 Å². The molecular formula is C39H30O. The lowest BCUT2D eigenvalue weighted by Crippen LogP contribution is -2.39. The molecule has 0 radical (unpaired) electrons. The molecule has 1 heterocycles. The molecule has 0 N–H and O–H groups in total. The summed E-state index contributed by atoms with van der Waals surface area (Å²) < 4.78 is 7.44. The normalized spacial score (nSPS) is 20.4. The van der Waals surface area contributed by atoms with Gasteiger partial charge in [-0.2, -0.15) is 0 Å². The van der Waals surface area contributed by atoms with Gasteiger partial charge in [0.1, 0.15) is 5.75 Å². The van der Waals surface area contributed by atoms with Gasteiger partial charge in [0.2, 0.25) is 0 Å². The summed E-state index contributed by atoms with van der Waals surface area (Å²) in [5, 5.41) is 0. The highest BCUT2D eigenvalue weighted by Crippen LogP contribution is 2.70. The molecule has 0 saturated heterocycles. The molecule has 0 bridgehead atoms. The monoisotopic (exact) mass is 514 g/mol. The van der Waals surface area contributed by atoms with Gasteiger partial charge in [0, 0.05) is 28.2 Å². The van der Waals surface area contributed by atoms with Crippen LogP contribution < -0.4 is 4.74 Å². The molecule has 1 aliphatic heterocycles. The lowest BCUT2D eigenvalue weighted by molar-refractivity contribution is 0.175. The molecule has 2 unspecified atom stereocenters. The summed E-state index contributed by atoms with van der Waals surface area (Å²) >= 11 is 0. The SMILES string of the molecule is CC1C2=C3c4c(cccc41)-c1cc(-c4ccccc4)cc4c1C3(Oc1ccccc12)c1cc(C(C)(C)C)ccc1-4. The van der Waals surface area contributed by atoms with Crippen LogP contribution in [-0.4, -0.2) is 0 Å². The van der Waals surface area contributed by atoms with Crippen LogP contribution in [0.1, 0.15) is 67.0 Å². The fraction of sp³-hybridized carbons (Fsp3) is 0.179. The van der Waals surface area contributed by atoms with E-state index in [9.17, 15) is 0 Å². The van der Waals surface area contributed by atoms with Gasteiger partial charge < -0.3 is 4.74 Å². The average molecular weight is 515 g/mol. The first kappa shape index (κ1) is 22.5. The molecule has 40 heavy (non-hydrogen) atoms. The van der Waals surface area contributed by atoms with E-state index in [0.717, 1.165) is 5.75 Å². The molecule has 2 atom stereocenters. The number of allylic oxidation sites excluding steroid dienone is 1. The Bertz CT molecular complexity index is 1970. The van der Waals surface area contributed by atoms with Gasteiger partial charge in [-0.25, -0.2) is 0 Å². The zero-order valence-corrected chi connectivity index (χ0v) is 23.3. The van der Waals surface area contributed by atoms with Gasteiger partial charge in [-0.05, 0) is 85.3 Å². The second-order valence-electron chi connectivity index (χ2n) is 12.9. The Kier molecular flexibility index (Phi) is 4.06. The lowest BCUT2D eigenvalue weighted by Gasteiger charge is -2.44. The Hall–Kier alpha value is -4.36. The summed E-state index contributed by atoms with van der Waals surface area (Å²) in [7, 11) is 0. The summed E-state index contributed by atoms with van der Waals surface area (Å²) in [5.74, 6) is 1.29. The van der Waals surface area contributed by atoms with Crippen molar-refractivity contribution in [3.8, 4) is 39.1 Å². The van der Waals surface area contributed by atoms with Crippen LogP contribution in [0.4, 0.5) is 0 Å². The quantitative estimate of drug-likeness (QED) is 0.216. The first-order chi connectivity index (χ1) is 19.4. The molecule has 4 aliphatic rings. The Morgan fingerprint density at radius 1 is 0.650 bits per heavy atom. The van der Waals surface area contributed by atoms with Gasteiger partial charge in [-0.1, -0.05) is 107 Å². The number of hydrogen-bond donors (Lipinski definition) is 0. The van der Waals surface area contributed by atoms with Crippen LogP contribution >= 0.6 is 0 Å². The summed E-state index contributed by atoms with van der Waals surface area (Å²) in [6.07, 6.45) is 0. The van der Waals surface area contributed by atoms with Crippen LogP contribution in [0, 0.1) is 0 Å². The van der Waals surface area contributed by atoms with Gasteiger partial charge in [-0.15, -0.1) is 0 Å². The minimum atomic E-state index is -0.659. The van der Waals surface area contributed by atoms with Gasteiger partial charge >= 0.3 is 0 Å². The number of para-hydroxylation sites is 1. The third-order valence-electron chi connectivity index (χ3n) is 9.75. The van der Waals surface area contributed by atoms with Crippen LogP contribution in [0.2, 0.25) is 0 Å². The molecular weight excluding hydrogens is 484 g/mol. The topological polar surface area (TPSA) is 9.23 Å². The van der Waals surface area contributed by atoms with Crippen molar-refractivity contribution in [2.24, 2.45) is 0 Å². The van der Waals surface area contributed by atoms with Crippen molar-refractivity contribution < 1.29 is 4.74 Å². The van der Waals surface area contributed by atoms with E-state index in [0.29, 0.717) is 5.92 Å². The van der Waals surface area contributed by atoms with E-state index in [1.807, 2.05) is 0 Å². The summed E-state index contributed by atoms with van der Waals surface area (Å²) in [5.41, 5.74) is 17.9. The Morgan fingerprint density at radius 3 is 2.17 bits per heavy atom. The number of fused-ring (bicyclic) bond motifs is 5. The second kappa shape index (κ2) is 7.23. The Morgan fingerprint density at radius 2 is 1.38 bits per heavy atom. The van der Waals surface area contributed by atoms with Crippen molar-refractivity contribution in [3.63, 3.8) is 0 Å². The molecule has 0 aromatic heterocycles. The zero-order chi connectivity index (χ0) is 27.0. The van der Waals surface area contributed by atoms with Crippen molar-refractivity contribution in [3.05, 3.63) is 137 Å². The van der Waals surface area contributed by atoms with Crippen LogP contribution in [0.5, 0.6) is 5.75 Å². The van der Waals surface area contributed by atoms with Gasteiger partial charge in [0.15, 0.2) is 5.60 Å². The molecule has 1 heteroatoms. The van der Waals surface area contributed by atoms with E-state index < -0.39 is 5.60 Å².